The summed E-state index contributed by atoms with van der Waals surface area (Å²) in [6, 6.07) is 20.1. The number of carbonyl (C=O) groups is 1. The van der Waals surface area contributed by atoms with Gasteiger partial charge in [0.15, 0.2) is 11.6 Å². The average Bonchev–Trinajstić information content (AvgIpc) is 2.89. The SMILES string of the molecule is C=C(/C=N\N(C)C)c1cnc(NC(=O)C(CNCCc2ccc(C#N)cc2)c2ccccc2)c(F)c1. The van der Waals surface area contributed by atoms with Gasteiger partial charge in [0, 0.05) is 32.4 Å². The van der Waals surface area contributed by atoms with Crippen molar-refractivity contribution >= 4 is 23.5 Å². The van der Waals surface area contributed by atoms with Gasteiger partial charge < -0.3 is 15.6 Å². The highest BCUT2D eigenvalue weighted by Crippen LogP contribution is 2.21. The highest BCUT2D eigenvalue weighted by Gasteiger charge is 2.22. The molecule has 0 aliphatic carbocycles. The van der Waals surface area contributed by atoms with Crippen LogP contribution in [0.3, 0.4) is 0 Å². The molecule has 0 saturated carbocycles. The predicted octanol–water partition coefficient (Wildman–Crippen LogP) is 4.21. The van der Waals surface area contributed by atoms with Crippen LogP contribution >= 0.6 is 0 Å². The predicted molar refractivity (Wildman–Crippen MR) is 141 cm³/mol. The Morgan fingerprint density at radius 1 is 1.22 bits per heavy atom. The first-order chi connectivity index (χ1) is 17.4. The number of benzene rings is 2. The lowest BCUT2D eigenvalue weighted by atomic mass is 9.98. The number of pyridine rings is 1. The summed E-state index contributed by atoms with van der Waals surface area (Å²) in [6.07, 6.45) is 3.72. The Balaban J connectivity index is 1.65. The zero-order chi connectivity index (χ0) is 25.9. The standard InChI is InChI=1S/C28H29FN6O/c1-20(17-33-35(2)3)24-15-26(29)27(32-18-24)34-28(36)25(23-7-5-4-6-8-23)19-31-14-13-21-9-11-22(16-30)12-10-21/h4-12,15,17-18,25,31H,1,13-14,19H2,2-3H3,(H,32,34,36)/b33-17-. The number of allylic oxidation sites excluding steroid dienone is 1. The molecule has 1 amide bonds. The fourth-order valence-electron chi connectivity index (χ4n) is 3.44. The molecular formula is C28H29FN6O. The lowest BCUT2D eigenvalue weighted by Crippen LogP contribution is -2.32. The van der Waals surface area contributed by atoms with Gasteiger partial charge in [-0.3, -0.25) is 4.79 Å². The monoisotopic (exact) mass is 484 g/mol. The van der Waals surface area contributed by atoms with Crippen LogP contribution in [-0.4, -0.2) is 49.3 Å². The summed E-state index contributed by atoms with van der Waals surface area (Å²) in [5.41, 5.74) is 3.49. The second kappa shape index (κ2) is 12.9. The van der Waals surface area contributed by atoms with Crippen molar-refractivity contribution < 1.29 is 9.18 Å². The van der Waals surface area contributed by atoms with Gasteiger partial charge in [-0.15, -0.1) is 0 Å². The summed E-state index contributed by atoms with van der Waals surface area (Å²) in [4.78, 5) is 17.3. The maximum atomic E-state index is 14.8. The number of nitrogens with one attached hydrogen (secondary N) is 2. The van der Waals surface area contributed by atoms with E-state index >= 15 is 0 Å². The molecule has 8 heteroatoms. The van der Waals surface area contributed by atoms with Crippen molar-refractivity contribution in [2.75, 3.05) is 32.5 Å². The maximum absolute atomic E-state index is 14.8. The van der Waals surface area contributed by atoms with Crippen molar-refractivity contribution in [1.29, 1.82) is 5.26 Å². The Bertz CT molecular complexity index is 1250. The molecule has 2 N–H and O–H groups in total. The molecule has 0 aliphatic rings. The van der Waals surface area contributed by atoms with Crippen LogP contribution in [0.25, 0.3) is 5.57 Å². The van der Waals surface area contributed by atoms with Gasteiger partial charge in [0.25, 0.3) is 0 Å². The van der Waals surface area contributed by atoms with Crippen LogP contribution in [0, 0.1) is 17.1 Å². The molecule has 184 valence electrons. The molecule has 0 spiro atoms. The van der Waals surface area contributed by atoms with Crippen LogP contribution in [-0.2, 0) is 11.2 Å². The molecule has 1 unspecified atom stereocenters. The number of anilines is 1. The van der Waals surface area contributed by atoms with Crippen LogP contribution < -0.4 is 10.6 Å². The maximum Gasteiger partial charge on any atom is 0.234 e. The molecule has 36 heavy (non-hydrogen) atoms. The molecule has 0 saturated heterocycles. The minimum absolute atomic E-state index is 0.139. The summed E-state index contributed by atoms with van der Waals surface area (Å²) in [7, 11) is 3.54. The van der Waals surface area contributed by atoms with Gasteiger partial charge in [-0.1, -0.05) is 49.0 Å². The van der Waals surface area contributed by atoms with Crippen LogP contribution in [0.15, 0.2) is 78.5 Å². The number of carbonyl (C=O) groups excluding carboxylic acids is 1. The van der Waals surface area contributed by atoms with E-state index in [4.69, 9.17) is 5.26 Å². The molecule has 1 atom stereocenters. The minimum atomic E-state index is -0.652. The molecule has 0 radical (unpaired) electrons. The molecule has 0 aliphatic heterocycles. The second-order valence-electron chi connectivity index (χ2n) is 8.39. The van der Waals surface area contributed by atoms with Crippen LogP contribution in [0.4, 0.5) is 10.2 Å². The van der Waals surface area contributed by atoms with E-state index in [0.29, 0.717) is 29.8 Å². The smallest absolute Gasteiger partial charge is 0.234 e. The van der Waals surface area contributed by atoms with E-state index in [1.54, 1.807) is 31.2 Å². The number of rotatable bonds is 11. The van der Waals surface area contributed by atoms with Gasteiger partial charge in [0.2, 0.25) is 5.91 Å². The lowest BCUT2D eigenvalue weighted by Gasteiger charge is -2.18. The molecular weight excluding hydrogens is 455 g/mol. The van der Waals surface area contributed by atoms with Gasteiger partial charge in [-0.05, 0) is 47.9 Å². The summed E-state index contributed by atoms with van der Waals surface area (Å²) >= 11 is 0. The first kappa shape index (κ1) is 26.3. The van der Waals surface area contributed by atoms with Crippen LogP contribution in [0.2, 0.25) is 0 Å². The molecule has 7 nitrogen and oxygen atoms in total. The Morgan fingerprint density at radius 3 is 2.58 bits per heavy atom. The van der Waals surface area contributed by atoms with E-state index in [0.717, 1.165) is 17.5 Å². The quantitative estimate of drug-likeness (QED) is 0.242. The number of hydrogen-bond acceptors (Lipinski definition) is 6. The first-order valence-electron chi connectivity index (χ1n) is 11.5. The number of nitriles is 1. The van der Waals surface area contributed by atoms with Crippen molar-refractivity contribution in [3.05, 3.63) is 102 Å². The van der Waals surface area contributed by atoms with E-state index in [1.165, 1.54) is 18.5 Å². The Labute approximate surface area is 211 Å². The van der Waals surface area contributed by atoms with Crippen LogP contribution in [0.5, 0.6) is 0 Å². The minimum Gasteiger partial charge on any atom is -0.315 e. The van der Waals surface area contributed by atoms with E-state index in [-0.39, 0.29) is 11.7 Å². The third-order valence-corrected chi connectivity index (χ3v) is 5.44. The van der Waals surface area contributed by atoms with Crippen LogP contribution in [0.1, 0.15) is 28.2 Å². The van der Waals surface area contributed by atoms with Crippen molar-refractivity contribution in [2.45, 2.75) is 12.3 Å². The fourth-order valence-corrected chi connectivity index (χ4v) is 3.44. The van der Waals surface area contributed by atoms with Crippen molar-refractivity contribution in [1.82, 2.24) is 15.3 Å². The van der Waals surface area contributed by atoms with E-state index < -0.39 is 11.7 Å². The zero-order valence-electron chi connectivity index (χ0n) is 20.4. The number of aromatic nitrogens is 1. The molecule has 1 heterocycles. The number of hydrazone groups is 1. The third-order valence-electron chi connectivity index (χ3n) is 5.44. The summed E-state index contributed by atoms with van der Waals surface area (Å²) in [6.45, 7) is 4.88. The topological polar surface area (TPSA) is 93.4 Å². The Kier molecular flexibility index (Phi) is 9.43. The van der Waals surface area contributed by atoms with E-state index in [2.05, 4.69) is 33.4 Å². The number of halogens is 1. The zero-order valence-corrected chi connectivity index (χ0v) is 20.4. The van der Waals surface area contributed by atoms with Gasteiger partial charge in [0.05, 0.1) is 23.8 Å². The Hall–Kier alpha value is -4.35. The molecule has 3 aromatic rings. The lowest BCUT2D eigenvalue weighted by molar-refractivity contribution is -0.117. The van der Waals surface area contributed by atoms with Crippen molar-refractivity contribution in [3.8, 4) is 6.07 Å². The highest BCUT2D eigenvalue weighted by atomic mass is 19.1. The van der Waals surface area contributed by atoms with E-state index in [1.807, 2.05) is 42.5 Å². The van der Waals surface area contributed by atoms with Gasteiger partial charge in [-0.2, -0.15) is 10.4 Å². The van der Waals surface area contributed by atoms with Crippen molar-refractivity contribution in [3.63, 3.8) is 0 Å². The highest BCUT2D eigenvalue weighted by molar-refractivity contribution is 6.08. The Morgan fingerprint density at radius 2 is 1.94 bits per heavy atom. The number of nitrogens with zero attached hydrogens (tertiary/aromatic N) is 4. The molecule has 2 aromatic carbocycles. The third kappa shape index (κ3) is 7.58. The molecule has 0 fully saturated rings. The summed E-state index contributed by atoms with van der Waals surface area (Å²) in [5, 5.41) is 20.6. The number of hydrogen-bond donors (Lipinski definition) is 2. The van der Waals surface area contributed by atoms with Gasteiger partial charge >= 0.3 is 0 Å². The summed E-state index contributed by atoms with van der Waals surface area (Å²) in [5.74, 6) is -1.70. The van der Waals surface area contributed by atoms with Crippen molar-refractivity contribution in [2.24, 2.45) is 5.10 Å². The normalized spacial score (nSPS) is 11.6. The van der Waals surface area contributed by atoms with E-state index in [9.17, 15) is 9.18 Å². The molecule has 1 aromatic heterocycles. The molecule has 3 rings (SSSR count). The fraction of sp³-hybridized carbons (Fsp3) is 0.214. The average molecular weight is 485 g/mol. The second-order valence-corrected chi connectivity index (χ2v) is 8.39. The van der Waals surface area contributed by atoms with Gasteiger partial charge in [-0.25, -0.2) is 9.37 Å². The number of amides is 1. The molecule has 0 bridgehead atoms. The largest absolute Gasteiger partial charge is 0.315 e. The van der Waals surface area contributed by atoms with Gasteiger partial charge in [0.1, 0.15) is 0 Å². The summed E-state index contributed by atoms with van der Waals surface area (Å²) < 4.78 is 14.8. The first-order valence-corrected chi connectivity index (χ1v) is 11.5.